The molecule has 0 aromatic carbocycles. The molecule has 0 fully saturated rings. The molecule has 2 aromatic rings. The van der Waals surface area contributed by atoms with E-state index in [-0.39, 0.29) is 5.69 Å². The van der Waals surface area contributed by atoms with Gasteiger partial charge in [-0.2, -0.15) is 9.78 Å². The first-order valence-electron chi connectivity index (χ1n) is 3.69. The average molecular weight is 180 g/mol. The Bertz CT molecular complexity index is 477. The molecular weight excluding hydrogens is 172 g/mol. The minimum Gasteiger partial charge on any atom is -0.271 e. The molecule has 2 rings (SSSR count). The van der Waals surface area contributed by atoms with Gasteiger partial charge in [0.25, 0.3) is 0 Å². The third kappa shape index (κ3) is 1.05. The number of nitrogens with zero attached hydrogens (tertiary/aromatic N) is 5. The number of nitrogens with one attached hydrogen (secondary N) is 1. The quantitative estimate of drug-likeness (QED) is 0.610. The van der Waals surface area contributed by atoms with Gasteiger partial charge in [-0.1, -0.05) is 0 Å². The first kappa shape index (κ1) is 7.71. The van der Waals surface area contributed by atoms with E-state index >= 15 is 0 Å². The third-order valence-corrected chi connectivity index (χ3v) is 1.91. The van der Waals surface area contributed by atoms with E-state index in [0.29, 0.717) is 5.69 Å². The lowest BCUT2D eigenvalue weighted by atomic mass is 10.4. The van der Waals surface area contributed by atoms with Crippen molar-refractivity contribution >= 4 is 0 Å². The second-order valence-corrected chi connectivity index (χ2v) is 2.66. The van der Waals surface area contributed by atoms with Gasteiger partial charge in [0.1, 0.15) is 5.69 Å². The summed E-state index contributed by atoms with van der Waals surface area (Å²) in [6.45, 7) is 1.85. The molecule has 0 saturated heterocycles. The molecule has 0 atom stereocenters. The minimum atomic E-state index is -0.365. The van der Waals surface area contributed by atoms with Gasteiger partial charge >= 0.3 is 5.69 Å². The van der Waals surface area contributed by atoms with Crippen LogP contribution in [-0.4, -0.2) is 30.0 Å². The monoisotopic (exact) mass is 180 g/mol. The minimum absolute atomic E-state index is 0.365. The Balaban J connectivity index is 2.66. The Kier molecular flexibility index (Phi) is 1.51. The van der Waals surface area contributed by atoms with Crippen molar-refractivity contribution in [2.75, 3.05) is 0 Å². The van der Waals surface area contributed by atoms with Crippen LogP contribution in [0.25, 0.3) is 5.69 Å². The van der Waals surface area contributed by atoms with Crippen LogP contribution < -0.4 is 5.69 Å². The lowest BCUT2D eigenvalue weighted by Gasteiger charge is -1.95. The standard InChI is InChI=1S/C6H8N6O/c1-4-5(3-7-11(4)2)12-6(13)8-9-10-12/h3H,1-2H3,(H,8,10,13). The molecule has 13 heavy (non-hydrogen) atoms. The molecule has 0 aliphatic carbocycles. The van der Waals surface area contributed by atoms with Gasteiger partial charge in [-0.15, -0.1) is 0 Å². The van der Waals surface area contributed by atoms with E-state index in [1.54, 1.807) is 17.9 Å². The Hall–Kier alpha value is -1.92. The fraction of sp³-hybridized carbons (Fsp3) is 0.333. The van der Waals surface area contributed by atoms with E-state index < -0.39 is 0 Å². The van der Waals surface area contributed by atoms with Crippen LogP contribution in [0.15, 0.2) is 11.0 Å². The predicted molar refractivity (Wildman–Crippen MR) is 43.5 cm³/mol. The van der Waals surface area contributed by atoms with Crippen LogP contribution in [0.2, 0.25) is 0 Å². The molecule has 2 heterocycles. The lowest BCUT2D eigenvalue weighted by Crippen LogP contribution is -2.16. The highest BCUT2D eigenvalue weighted by Gasteiger charge is 2.09. The summed E-state index contributed by atoms with van der Waals surface area (Å²) in [7, 11) is 1.80. The number of rotatable bonds is 1. The van der Waals surface area contributed by atoms with Crippen molar-refractivity contribution in [1.82, 2.24) is 30.0 Å². The highest BCUT2D eigenvalue weighted by Crippen LogP contribution is 2.06. The van der Waals surface area contributed by atoms with Crippen LogP contribution >= 0.6 is 0 Å². The first-order valence-corrected chi connectivity index (χ1v) is 3.69. The van der Waals surface area contributed by atoms with Gasteiger partial charge < -0.3 is 0 Å². The van der Waals surface area contributed by atoms with Gasteiger partial charge in [0.15, 0.2) is 0 Å². The molecular formula is C6H8N6O. The van der Waals surface area contributed by atoms with Crippen LogP contribution in [0.3, 0.4) is 0 Å². The molecule has 0 aliphatic heterocycles. The highest BCUT2D eigenvalue weighted by atomic mass is 16.2. The Labute approximate surface area is 73.0 Å². The molecule has 68 valence electrons. The van der Waals surface area contributed by atoms with Crippen molar-refractivity contribution in [2.24, 2.45) is 7.05 Å². The highest BCUT2D eigenvalue weighted by molar-refractivity contribution is 5.31. The molecule has 7 nitrogen and oxygen atoms in total. The van der Waals surface area contributed by atoms with E-state index in [0.717, 1.165) is 5.69 Å². The van der Waals surface area contributed by atoms with Crippen molar-refractivity contribution in [3.63, 3.8) is 0 Å². The number of tetrazole rings is 1. The molecule has 7 heteroatoms. The average Bonchev–Trinajstić information content (AvgIpc) is 2.62. The van der Waals surface area contributed by atoms with Crippen LogP contribution in [-0.2, 0) is 7.05 Å². The molecule has 0 amide bonds. The van der Waals surface area contributed by atoms with Crippen LogP contribution in [0, 0.1) is 6.92 Å². The fourth-order valence-corrected chi connectivity index (χ4v) is 1.05. The van der Waals surface area contributed by atoms with Crippen LogP contribution in [0.5, 0.6) is 0 Å². The van der Waals surface area contributed by atoms with Crippen molar-refractivity contribution in [3.05, 3.63) is 22.4 Å². The summed E-state index contributed by atoms with van der Waals surface area (Å²) < 4.78 is 2.83. The Morgan fingerprint density at radius 3 is 2.77 bits per heavy atom. The lowest BCUT2D eigenvalue weighted by molar-refractivity contribution is 0.730. The summed E-state index contributed by atoms with van der Waals surface area (Å²) in [6, 6.07) is 0. The number of H-pyrrole nitrogens is 1. The fourth-order valence-electron chi connectivity index (χ4n) is 1.05. The van der Waals surface area contributed by atoms with E-state index in [4.69, 9.17) is 0 Å². The smallest absolute Gasteiger partial charge is 0.271 e. The van der Waals surface area contributed by atoms with Crippen molar-refractivity contribution in [1.29, 1.82) is 0 Å². The Morgan fingerprint density at radius 1 is 1.54 bits per heavy atom. The first-order chi connectivity index (χ1) is 6.20. The molecule has 1 N–H and O–H groups in total. The zero-order chi connectivity index (χ0) is 9.42. The topological polar surface area (TPSA) is 81.4 Å². The van der Waals surface area contributed by atoms with E-state index in [1.165, 1.54) is 4.68 Å². The summed E-state index contributed by atoms with van der Waals surface area (Å²) in [5, 5.41) is 13.2. The zero-order valence-electron chi connectivity index (χ0n) is 7.22. The van der Waals surface area contributed by atoms with Gasteiger partial charge in [-0.05, 0) is 17.4 Å². The summed E-state index contributed by atoms with van der Waals surface area (Å²) >= 11 is 0. The van der Waals surface area contributed by atoms with E-state index in [2.05, 4.69) is 20.6 Å². The van der Waals surface area contributed by atoms with Crippen LogP contribution in [0.4, 0.5) is 0 Å². The summed E-state index contributed by atoms with van der Waals surface area (Å²) in [5.74, 6) is 0. The number of aryl methyl sites for hydroxylation is 1. The van der Waals surface area contributed by atoms with E-state index in [1.807, 2.05) is 6.92 Å². The van der Waals surface area contributed by atoms with Crippen molar-refractivity contribution < 1.29 is 0 Å². The van der Waals surface area contributed by atoms with Gasteiger partial charge in [0.2, 0.25) is 0 Å². The van der Waals surface area contributed by atoms with Gasteiger partial charge in [-0.25, -0.2) is 9.89 Å². The zero-order valence-corrected chi connectivity index (χ0v) is 7.22. The maximum atomic E-state index is 11.1. The molecule has 2 aromatic heterocycles. The maximum Gasteiger partial charge on any atom is 0.365 e. The number of hydrogen-bond acceptors (Lipinski definition) is 4. The molecule has 0 saturated carbocycles. The second-order valence-electron chi connectivity index (χ2n) is 2.66. The normalized spacial score (nSPS) is 10.6. The maximum absolute atomic E-state index is 11.1. The van der Waals surface area contributed by atoms with Gasteiger partial charge in [-0.3, -0.25) is 4.68 Å². The molecule has 0 bridgehead atoms. The Morgan fingerprint density at radius 2 is 2.31 bits per heavy atom. The molecule has 0 aliphatic rings. The van der Waals surface area contributed by atoms with Gasteiger partial charge in [0, 0.05) is 7.05 Å². The largest absolute Gasteiger partial charge is 0.365 e. The second kappa shape index (κ2) is 2.54. The third-order valence-electron chi connectivity index (χ3n) is 1.91. The predicted octanol–water partition coefficient (Wildman–Crippen LogP) is -1.00. The number of aromatic amines is 1. The van der Waals surface area contributed by atoms with Crippen molar-refractivity contribution in [2.45, 2.75) is 6.92 Å². The van der Waals surface area contributed by atoms with E-state index in [9.17, 15) is 4.79 Å². The summed E-state index contributed by atoms with van der Waals surface area (Å²) in [4.78, 5) is 11.1. The SMILES string of the molecule is Cc1c(-n2nn[nH]c2=O)cnn1C. The molecule has 0 radical (unpaired) electrons. The summed E-state index contributed by atoms with van der Waals surface area (Å²) in [6.07, 6.45) is 1.57. The molecule has 0 spiro atoms. The van der Waals surface area contributed by atoms with Gasteiger partial charge in [0.05, 0.1) is 11.9 Å². The summed E-state index contributed by atoms with van der Waals surface area (Å²) in [5.41, 5.74) is 1.13. The molecule has 0 unspecified atom stereocenters. The van der Waals surface area contributed by atoms with Crippen LogP contribution in [0.1, 0.15) is 5.69 Å². The van der Waals surface area contributed by atoms with Crippen molar-refractivity contribution in [3.8, 4) is 5.69 Å². The number of aromatic nitrogens is 6. The number of hydrogen-bond donors (Lipinski definition) is 1.